The summed E-state index contributed by atoms with van der Waals surface area (Å²) < 4.78 is 11.4. The Kier molecular flexibility index (Phi) is 3.50. The number of nitrogens with zero attached hydrogens (tertiary/aromatic N) is 1. The Bertz CT molecular complexity index is 651. The van der Waals surface area contributed by atoms with E-state index in [4.69, 9.17) is 9.47 Å². The highest BCUT2D eigenvalue weighted by Gasteiger charge is 2.58. The number of para-hydroxylation sites is 1. The number of likely N-dealkylation sites (tertiary alicyclic amines) is 1. The van der Waals surface area contributed by atoms with Gasteiger partial charge in [-0.3, -0.25) is 4.79 Å². The number of amides is 1. The molecule has 2 aliphatic heterocycles. The molecule has 1 aromatic carbocycles. The van der Waals surface area contributed by atoms with Crippen molar-refractivity contribution in [3.63, 3.8) is 0 Å². The molecular formula is C17H21NO5. The van der Waals surface area contributed by atoms with Gasteiger partial charge in [-0.05, 0) is 26.8 Å². The maximum Gasteiger partial charge on any atom is 0.407 e. The summed E-state index contributed by atoms with van der Waals surface area (Å²) in [7, 11) is 0. The summed E-state index contributed by atoms with van der Waals surface area (Å²) in [6, 6.07) is 7.47. The minimum atomic E-state index is -1.03. The summed E-state index contributed by atoms with van der Waals surface area (Å²) in [5, 5.41) is 9.37. The number of carbonyl (C=O) groups is 2. The Labute approximate surface area is 135 Å². The lowest BCUT2D eigenvalue weighted by Gasteiger charge is -2.38. The third-order valence-corrected chi connectivity index (χ3v) is 4.40. The maximum atomic E-state index is 12.9. The summed E-state index contributed by atoms with van der Waals surface area (Å²) in [6.45, 7) is 5.91. The Hall–Kier alpha value is -2.24. The van der Waals surface area contributed by atoms with E-state index >= 15 is 0 Å². The van der Waals surface area contributed by atoms with Crippen LogP contribution in [-0.2, 0) is 9.53 Å². The monoisotopic (exact) mass is 319 g/mol. The fraction of sp³-hybridized carbons (Fsp3) is 0.529. The number of ether oxygens (including phenoxy) is 2. The first kappa shape index (κ1) is 15.6. The predicted octanol–water partition coefficient (Wildman–Crippen LogP) is 2.48. The van der Waals surface area contributed by atoms with Crippen LogP contribution in [0, 0.1) is 5.41 Å². The van der Waals surface area contributed by atoms with Gasteiger partial charge in [-0.2, -0.15) is 0 Å². The summed E-state index contributed by atoms with van der Waals surface area (Å²) >= 11 is 0. The van der Waals surface area contributed by atoms with Gasteiger partial charge in [-0.15, -0.1) is 0 Å². The molecule has 0 saturated carbocycles. The third-order valence-electron chi connectivity index (χ3n) is 4.40. The number of esters is 1. The number of carboxylic acid groups (broad SMARTS) is 1. The van der Waals surface area contributed by atoms with Crippen LogP contribution in [0.15, 0.2) is 24.3 Å². The van der Waals surface area contributed by atoms with Gasteiger partial charge in [-0.1, -0.05) is 18.2 Å². The molecular weight excluding hydrogens is 298 g/mol. The zero-order valence-electron chi connectivity index (χ0n) is 13.5. The molecule has 124 valence electrons. The predicted molar refractivity (Wildman–Crippen MR) is 82.6 cm³/mol. The summed E-state index contributed by atoms with van der Waals surface area (Å²) in [5.74, 6) is 0.0653. The van der Waals surface area contributed by atoms with Crippen molar-refractivity contribution in [1.82, 2.24) is 4.90 Å². The van der Waals surface area contributed by atoms with Crippen LogP contribution in [0.25, 0.3) is 0 Å². The molecule has 2 heterocycles. The Morgan fingerprint density at radius 1 is 1.35 bits per heavy atom. The lowest BCUT2D eigenvalue weighted by Crippen LogP contribution is -2.48. The standard InChI is InChI=1S/C17H21NO5/c1-16(2,3)23-14(19)17-9-18(15(20)21)8-12(17)11-6-4-5-7-13(11)22-10-17/h4-7,12H,8-10H2,1-3H3,(H,20,21)/t12-,17-/m0/s1. The van der Waals surface area contributed by atoms with Crippen LogP contribution < -0.4 is 4.74 Å². The van der Waals surface area contributed by atoms with Gasteiger partial charge in [0.25, 0.3) is 0 Å². The number of benzene rings is 1. The van der Waals surface area contributed by atoms with Gasteiger partial charge < -0.3 is 19.5 Å². The highest BCUT2D eigenvalue weighted by atomic mass is 16.6. The Morgan fingerprint density at radius 3 is 2.70 bits per heavy atom. The average Bonchev–Trinajstić information content (AvgIpc) is 2.87. The summed E-state index contributed by atoms with van der Waals surface area (Å²) in [5.41, 5.74) is -0.752. The van der Waals surface area contributed by atoms with Crippen molar-refractivity contribution in [1.29, 1.82) is 0 Å². The van der Waals surface area contributed by atoms with Crippen molar-refractivity contribution in [3.05, 3.63) is 29.8 Å². The largest absolute Gasteiger partial charge is 0.492 e. The van der Waals surface area contributed by atoms with Gasteiger partial charge in [0, 0.05) is 24.6 Å². The van der Waals surface area contributed by atoms with E-state index < -0.39 is 23.1 Å². The average molecular weight is 319 g/mol. The number of carbonyl (C=O) groups excluding carboxylic acids is 1. The van der Waals surface area contributed by atoms with Crippen LogP contribution in [0.2, 0.25) is 0 Å². The SMILES string of the molecule is CC(C)(C)OC(=O)[C@@]12COc3ccccc3[C@@H]1CN(C(=O)O)C2. The van der Waals surface area contributed by atoms with E-state index in [0.717, 1.165) is 5.56 Å². The van der Waals surface area contributed by atoms with Crippen LogP contribution in [0.4, 0.5) is 4.79 Å². The zero-order chi connectivity index (χ0) is 16.8. The fourth-order valence-electron chi connectivity index (χ4n) is 3.35. The van der Waals surface area contributed by atoms with Crippen molar-refractivity contribution in [2.75, 3.05) is 19.7 Å². The zero-order valence-corrected chi connectivity index (χ0v) is 13.5. The van der Waals surface area contributed by atoms with Gasteiger partial charge in [0.15, 0.2) is 0 Å². The molecule has 1 N–H and O–H groups in total. The Morgan fingerprint density at radius 2 is 2.04 bits per heavy atom. The van der Waals surface area contributed by atoms with Gasteiger partial charge in [0.2, 0.25) is 0 Å². The molecule has 1 fully saturated rings. The molecule has 1 aromatic rings. The number of fused-ring (bicyclic) bond motifs is 3. The molecule has 0 aliphatic carbocycles. The van der Waals surface area contributed by atoms with Crippen molar-refractivity contribution in [2.45, 2.75) is 32.3 Å². The normalized spacial score (nSPS) is 26.0. The van der Waals surface area contributed by atoms with Crippen LogP contribution in [-0.4, -0.2) is 47.4 Å². The molecule has 2 aliphatic rings. The van der Waals surface area contributed by atoms with E-state index in [1.165, 1.54) is 4.90 Å². The molecule has 0 aromatic heterocycles. The van der Waals surface area contributed by atoms with Gasteiger partial charge >= 0.3 is 12.1 Å². The van der Waals surface area contributed by atoms with Crippen molar-refractivity contribution in [2.24, 2.45) is 5.41 Å². The van der Waals surface area contributed by atoms with Crippen molar-refractivity contribution in [3.8, 4) is 5.75 Å². The molecule has 23 heavy (non-hydrogen) atoms. The molecule has 3 rings (SSSR count). The van der Waals surface area contributed by atoms with E-state index in [1.54, 1.807) is 20.8 Å². The molecule has 0 bridgehead atoms. The van der Waals surface area contributed by atoms with E-state index in [0.29, 0.717) is 5.75 Å². The lowest BCUT2D eigenvalue weighted by atomic mass is 9.73. The number of hydrogen-bond acceptors (Lipinski definition) is 4. The smallest absolute Gasteiger partial charge is 0.407 e. The molecule has 2 atom stereocenters. The van der Waals surface area contributed by atoms with Crippen LogP contribution >= 0.6 is 0 Å². The van der Waals surface area contributed by atoms with Crippen LogP contribution in [0.1, 0.15) is 32.3 Å². The molecule has 6 heteroatoms. The first-order valence-electron chi connectivity index (χ1n) is 7.66. The van der Waals surface area contributed by atoms with Crippen molar-refractivity contribution >= 4 is 12.1 Å². The third kappa shape index (κ3) is 2.62. The fourth-order valence-corrected chi connectivity index (χ4v) is 3.35. The maximum absolute atomic E-state index is 12.9. The van der Waals surface area contributed by atoms with E-state index in [9.17, 15) is 14.7 Å². The quantitative estimate of drug-likeness (QED) is 0.805. The van der Waals surface area contributed by atoms with Crippen molar-refractivity contribution < 1.29 is 24.2 Å². The summed E-state index contributed by atoms with van der Waals surface area (Å²) in [4.78, 5) is 25.6. The molecule has 0 unspecified atom stereocenters. The first-order valence-corrected chi connectivity index (χ1v) is 7.66. The van der Waals surface area contributed by atoms with Crippen LogP contribution in [0.5, 0.6) is 5.75 Å². The van der Waals surface area contributed by atoms with Crippen LogP contribution in [0.3, 0.4) is 0 Å². The highest BCUT2D eigenvalue weighted by molar-refractivity contribution is 5.82. The second-order valence-electron chi connectivity index (χ2n) is 7.20. The second kappa shape index (κ2) is 5.15. The molecule has 1 amide bonds. The number of hydrogen-bond donors (Lipinski definition) is 1. The topological polar surface area (TPSA) is 76.1 Å². The molecule has 6 nitrogen and oxygen atoms in total. The highest BCUT2D eigenvalue weighted by Crippen LogP contribution is 2.50. The molecule has 0 radical (unpaired) electrons. The van der Waals surface area contributed by atoms with Gasteiger partial charge in [0.05, 0.1) is 0 Å². The molecule has 1 saturated heterocycles. The second-order valence-corrected chi connectivity index (χ2v) is 7.20. The van der Waals surface area contributed by atoms with E-state index in [-0.39, 0.29) is 25.6 Å². The first-order chi connectivity index (χ1) is 10.7. The van der Waals surface area contributed by atoms with Gasteiger partial charge in [-0.25, -0.2) is 4.79 Å². The van der Waals surface area contributed by atoms with E-state index in [2.05, 4.69) is 0 Å². The summed E-state index contributed by atoms with van der Waals surface area (Å²) in [6.07, 6.45) is -1.03. The number of rotatable bonds is 1. The lowest BCUT2D eigenvalue weighted by molar-refractivity contribution is -0.170. The van der Waals surface area contributed by atoms with E-state index in [1.807, 2.05) is 24.3 Å². The molecule has 0 spiro atoms. The minimum Gasteiger partial charge on any atom is -0.492 e. The van der Waals surface area contributed by atoms with Gasteiger partial charge in [0.1, 0.15) is 23.4 Å². The Balaban J connectivity index is 2.02. The minimum absolute atomic E-state index is 0.0935.